The van der Waals surface area contributed by atoms with Crippen LogP contribution in [-0.2, 0) is 30.7 Å². The fourth-order valence-corrected chi connectivity index (χ4v) is 1.77. The molecule has 0 N–H and O–H groups in total. The van der Waals surface area contributed by atoms with Gasteiger partial charge in [0.1, 0.15) is 6.61 Å². The van der Waals surface area contributed by atoms with E-state index in [0.29, 0.717) is 12.2 Å². The van der Waals surface area contributed by atoms with Gasteiger partial charge in [0.15, 0.2) is 0 Å². The van der Waals surface area contributed by atoms with Crippen molar-refractivity contribution in [3.05, 3.63) is 35.4 Å². The molecule has 134 valence electrons. The number of hydrogen-bond donors (Lipinski definition) is 0. The topological polar surface area (TPSA) is 80.3 Å². The Bertz CT molecular complexity index is 484. The first kappa shape index (κ1) is 19.9. The number of aryl methyl sites for hydroxylation is 1. The van der Waals surface area contributed by atoms with Gasteiger partial charge in [-0.05, 0) is 37.0 Å². The van der Waals surface area contributed by atoms with Crippen LogP contribution in [0.15, 0.2) is 24.3 Å². The molecule has 0 aromatic heterocycles. The maximum atomic E-state index is 11.7. The van der Waals surface area contributed by atoms with Crippen molar-refractivity contribution in [1.82, 2.24) is 0 Å². The molecule has 1 aromatic carbocycles. The van der Waals surface area contributed by atoms with Gasteiger partial charge in [0.25, 0.3) is 0 Å². The molecular formula is C17H24O7. The van der Waals surface area contributed by atoms with Gasteiger partial charge in [0, 0.05) is 6.61 Å². The van der Waals surface area contributed by atoms with Gasteiger partial charge in [0.05, 0.1) is 17.2 Å². The second-order valence-electron chi connectivity index (χ2n) is 5.03. The van der Waals surface area contributed by atoms with Crippen molar-refractivity contribution in [3.63, 3.8) is 0 Å². The van der Waals surface area contributed by atoms with Gasteiger partial charge in [-0.1, -0.05) is 32.4 Å². The maximum Gasteiger partial charge on any atom is 0.543 e. The maximum absolute atomic E-state index is 11.7. The molecule has 0 spiro atoms. The first-order chi connectivity index (χ1) is 11.7. The van der Waals surface area contributed by atoms with E-state index in [9.17, 15) is 9.59 Å². The lowest BCUT2D eigenvalue weighted by atomic mass is 10.1. The molecule has 0 saturated heterocycles. The van der Waals surface area contributed by atoms with Crippen LogP contribution in [0.25, 0.3) is 0 Å². The smallest absolute Gasteiger partial charge is 0.430 e. The SMILES string of the molecule is CCCCc1ccc(C(=O)OOOC(=O)OCCOCCC)cc1. The minimum Gasteiger partial charge on any atom is -0.430 e. The Hall–Kier alpha value is -2.12. The zero-order valence-electron chi connectivity index (χ0n) is 14.1. The lowest BCUT2D eigenvalue weighted by Crippen LogP contribution is -2.14. The number of unbranched alkanes of at least 4 members (excludes halogenated alkanes) is 1. The summed E-state index contributed by atoms with van der Waals surface area (Å²) < 4.78 is 9.74. The highest BCUT2D eigenvalue weighted by atomic mass is 17.5. The van der Waals surface area contributed by atoms with Crippen LogP contribution in [0.5, 0.6) is 0 Å². The summed E-state index contributed by atoms with van der Waals surface area (Å²) in [7, 11) is 0. The Balaban J connectivity index is 2.19. The summed E-state index contributed by atoms with van der Waals surface area (Å²) in [5, 5.41) is 4.12. The van der Waals surface area contributed by atoms with Gasteiger partial charge >= 0.3 is 12.1 Å². The lowest BCUT2D eigenvalue weighted by molar-refractivity contribution is -0.452. The highest BCUT2D eigenvalue weighted by Crippen LogP contribution is 2.09. The minimum absolute atomic E-state index is 0.0232. The third-order valence-electron chi connectivity index (χ3n) is 3.02. The van der Waals surface area contributed by atoms with Crippen molar-refractivity contribution in [2.24, 2.45) is 0 Å². The molecule has 0 aliphatic rings. The zero-order valence-corrected chi connectivity index (χ0v) is 14.1. The summed E-state index contributed by atoms with van der Waals surface area (Å²) in [5.74, 6) is -0.767. The Labute approximate surface area is 141 Å². The molecule has 1 rings (SSSR count). The van der Waals surface area contributed by atoms with Crippen LogP contribution in [0, 0.1) is 0 Å². The molecule has 0 saturated carbocycles. The van der Waals surface area contributed by atoms with Gasteiger partial charge in [-0.15, -0.1) is 0 Å². The van der Waals surface area contributed by atoms with E-state index in [1.807, 2.05) is 19.1 Å². The molecule has 0 aliphatic carbocycles. The summed E-state index contributed by atoms with van der Waals surface area (Å²) in [4.78, 5) is 31.3. The molecule has 7 nitrogen and oxygen atoms in total. The van der Waals surface area contributed by atoms with E-state index in [1.54, 1.807) is 12.1 Å². The van der Waals surface area contributed by atoms with E-state index < -0.39 is 12.1 Å². The highest BCUT2D eigenvalue weighted by Gasteiger charge is 2.12. The molecular weight excluding hydrogens is 316 g/mol. The first-order valence-electron chi connectivity index (χ1n) is 8.06. The highest BCUT2D eigenvalue weighted by molar-refractivity contribution is 5.88. The van der Waals surface area contributed by atoms with E-state index in [-0.39, 0.29) is 13.2 Å². The number of rotatable bonds is 11. The van der Waals surface area contributed by atoms with Crippen molar-refractivity contribution in [2.75, 3.05) is 19.8 Å². The summed E-state index contributed by atoms with van der Waals surface area (Å²) in [6, 6.07) is 6.94. The van der Waals surface area contributed by atoms with Crippen LogP contribution in [0.4, 0.5) is 4.79 Å². The van der Waals surface area contributed by atoms with E-state index in [0.717, 1.165) is 31.2 Å². The number of benzene rings is 1. The molecule has 0 amide bonds. The van der Waals surface area contributed by atoms with Crippen LogP contribution >= 0.6 is 0 Å². The average Bonchev–Trinajstić information content (AvgIpc) is 2.60. The molecule has 7 heteroatoms. The van der Waals surface area contributed by atoms with Crippen molar-refractivity contribution in [2.45, 2.75) is 39.5 Å². The predicted molar refractivity (Wildman–Crippen MR) is 85.1 cm³/mol. The van der Waals surface area contributed by atoms with Crippen molar-refractivity contribution >= 4 is 12.1 Å². The number of hydrogen-bond acceptors (Lipinski definition) is 7. The van der Waals surface area contributed by atoms with Crippen LogP contribution in [0.3, 0.4) is 0 Å². The molecule has 0 heterocycles. The van der Waals surface area contributed by atoms with Gasteiger partial charge in [0.2, 0.25) is 0 Å². The van der Waals surface area contributed by atoms with Gasteiger partial charge in [-0.2, -0.15) is 0 Å². The Morgan fingerprint density at radius 3 is 2.33 bits per heavy atom. The normalized spacial score (nSPS) is 10.2. The quantitative estimate of drug-likeness (QED) is 0.263. The standard InChI is InChI=1S/C17H24O7/c1-3-5-6-14-7-9-15(10-8-14)16(18)22-24-23-17(19)21-13-12-20-11-4-2/h7-10H,3-6,11-13H2,1-2H3. The fourth-order valence-electron chi connectivity index (χ4n) is 1.77. The molecule has 0 atom stereocenters. The van der Waals surface area contributed by atoms with Crippen LogP contribution in [0.1, 0.15) is 49.0 Å². The summed E-state index contributed by atoms with van der Waals surface area (Å²) in [5.41, 5.74) is 1.43. The Morgan fingerprint density at radius 2 is 1.67 bits per heavy atom. The van der Waals surface area contributed by atoms with Crippen LogP contribution in [-0.4, -0.2) is 31.9 Å². The second-order valence-corrected chi connectivity index (χ2v) is 5.03. The van der Waals surface area contributed by atoms with Gasteiger partial charge in [-0.25, -0.2) is 14.5 Å². The van der Waals surface area contributed by atoms with Crippen molar-refractivity contribution in [3.8, 4) is 0 Å². The molecule has 24 heavy (non-hydrogen) atoms. The summed E-state index contributed by atoms with van der Waals surface area (Å²) in [6.45, 7) is 4.95. The molecule has 0 radical (unpaired) electrons. The molecule has 0 aliphatic heterocycles. The third-order valence-corrected chi connectivity index (χ3v) is 3.02. The predicted octanol–water partition coefficient (Wildman–Crippen LogP) is 3.61. The van der Waals surface area contributed by atoms with Crippen LogP contribution in [0.2, 0.25) is 0 Å². The molecule has 1 aromatic rings. The Morgan fingerprint density at radius 1 is 0.917 bits per heavy atom. The molecule has 0 unspecified atom stereocenters. The lowest BCUT2D eigenvalue weighted by Gasteiger charge is -2.05. The van der Waals surface area contributed by atoms with Crippen LogP contribution < -0.4 is 0 Å². The van der Waals surface area contributed by atoms with Crippen molar-refractivity contribution in [1.29, 1.82) is 0 Å². The third kappa shape index (κ3) is 8.50. The van der Waals surface area contributed by atoms with E-state index in [2.05, 4.69) is 26.5 Å². The Kier molecular flexibility index (Phi) is 10.2. The number of ether oxygens (including phenoxy) is 2. The van der Waals surface area contributed by atoms with E-state index in [1.165, 1.54) is 0 Å². The minimum atomic E-state index is -1.11. The van der Waals surface area contributed by atoms with Gasteiger partial charge < -0.3 is 9.47 Å². The molecule has 0 bridgehead atoms. The zero-order chi connectivity index (χ0) is 17.6. The first-order valence-corrected chi connectivity index (χ1v) is 8.06. The number of carbonyl (C=O) groups excluding carboxylic acids is 2. The summed E-state index contributed by atoms with van der Waals surface area (Å²) in [6.07, 6.45) is 2.92. The molecule has 0 fully saturated rings. The summed E-state index contributed by atoms with van der Waals surface area (Å²) >= 11 is 0. The van der Waals surface area contributed by atoms with Gasteiger partial charge in [-0.3, -0.25) is 4.89 Å². The van der Waals surface area contributed by atoms with E-state index >= 15 is 0 Å². The van der Waals surface area contributed by atoms with Crippen molar-refractivity contribution < 1.29 is 33.9 Å². The second kappa shape index (κ2) is 12.3. The monoisotopic (exact) mass is 340 g/mol. The number of carbonyl (C=O) groups is 2. The largest absolute Gasteiger partial charge is 0.543 e. The fraction of sp³-hybridized carbons (Fsp3) is 0.529. The average molecular weight is 340 g/mol. The van der Waals surface area contributed by atoms with E-state index in [4.69, 9.17) is 4.74 Å².